The maximum atomic E-state index is 12.5. The predicted octanol–water partition coefficient (Wildman–Crippen LogP) is 2.68. The molecule has 1 aromatic rings. The summed E-state index contributed by atoms with van der Waals surface area (Å²) >= 11 is 0. The van der Waals surface area contributed by atoms with Crippen molar-refractivity contribution in [1.82, 2.24) is 10.2 Å². The van der Waals surface area contributed by atoms with Gasteiger partial charge in [-0.3, -0.25) is 4.79 Å². The van der Waals surface area contributed by atoms with E-state index in [1.807, 2.05) is 30.9 Å². The largest absolute Gasteiger partial charge is 0.497 e. The van der Waals surface area contributed by atoms with Crippen molar-refractivity contribution in [2.24, 2.45) is 5.92 Å². The third-order valence-corrected chi connectivity index (χ3v) is 3.97. The first-order chi connectivity index (χ1) is 11.5. The van der Waals surface area contributed by atoms with E-state index in [-0.39, 0.29) is 18.0 Å². The second kappa shape index (κ2) is 8.57. The molecule has 24 heavy (non-hydrogen) atoms. The lowest BCUT2D eigenvalue weighted by Gasteiger charge is -2.32. The third-order valence-electron chi connectivity index (χ3n) is 3.97. The number of alkyl carbamates (subject to hydrolysis) is 1. The van der Waals surface area contributed by atoms with E-state index in [0.29, 0.717) is 36.9 Å². The zero-order valence-corrected chi connectivity index (χ0v) is 14.6. The molecule has 0 saturated carbocycles. The van der Waals surface area contributed by atoms with Gasteiger partial charge < -0.3 is 19.7 Å². The number of nitrogens with one attached hydrogen (secondary N) is 1. The number of carbonyl (C=O) groups excluding carboxylic acids is 2. The van der Waals surface area contributed by atoms with Gasteiger partial charge in [-0.05, 0) is 37.0 Å². The number of hydrogen-bond acceptors (Lipinski definition) is 4. The molecular formula is C18H26N2O4. The van der Waals surface area contributed by atoms with Crippen LogP contribution < -0.4 is 10.1 Å². The Morgan fingerprint density at radius 2 is 2.00 bits per heavy atom. The van der Waals surface area contributed by atoms with Crippen molar-refractivity contribution in [2.45, 2.75) is 32.7 Å². The topological polar surface area (TPSA) is 67.9 Å². The van der Waals surface area contributed by atoms with Crippen molar-refractivity contribution >= 4 is 12.0 Å². The molecule has 1 aliphatic heterocycles. The Labute approximate surface area is 143 Å². The zero-order chi connectivity index (χ0) is 17.5. The van der Waals surface area contributed by atoms with Crippen LogP contribution in [0, 0.1) is 5.92 Å². The maximum absolute atomic E-state index is 12.5. The van der Waals surface area contributed by atoms with Gasteiger partial charge >= 0.3 is 6.09 Å². The number of carbonyl (C=O) groups is 2. The summed E-state index contributed by atoms with van der Waals surface area (Å²) in [6.07, 6.45) is 1.08. The Balaban J connectivity index is 1.81. The van der Waals surface area contributed by atoms with E-state index in [1.54, 1.807) is 19.2 Å². The van der Waals surface area contributed by atoms with Crippen LogP contribution >= 0.6 is 0 Å². The molecule has 1 saturated heterocycles. The van der Waals surface area contributed by atoms with E-state index in [1.165, 1.54) is 0 Å². The minimum absolute atomic E-state index is 0.00488. The highest BCUT2D eigenvalue weighted by Gasteiger charge is 2.25. The molecule has 1 N–H and O–H groups in total. The van der Waals surface area contributed by atoms with E-state index in [2.05, 4.69) is 5.32 Å². The van der Waals surface area contributed by atoms with E-state index < -0.39 is 0 Å². The van der Waals surface area contributed by atoms with Crippen LogP contribution in [0.3, 0.4) is 0 Å². The van der Waals surface area contributed by atoms with Gasteiger partial charge in [-0.2, -0.15) is 0 Å². The van der Waals surface area contributed by atoms with Gasteiger partial charge in [0.2, 0.25) is 0 Å². The second-order valence-electron chi connectivity index (χ2n) is 6.44. The average molecular weight is 334 g/mol. The third kappa shape index (κ3) is 5.15. The first-order valence-electron chi connectivity index (χ1n) is 8.36. The van der Waals surface area contributed by atoms with E-state index in [4.69, 9.17) is 9.47 Å². The lowest BCUT2D eigenvalue weighted by atomic mass is 10.0. The number of ether oxygens (including phenoxy) is 2. The quantitative estimate of drug-likeness (QED) is 0.899. The summed E-state index contributed by atoms with van der Waals surface area (Å²) in [6.45, 7) is 5.64. The van der Waals surface area contributed by atoms with Gasteiger partial charge in [0.15, 0.2) is 0 Å². The summed E-state index contributed by atoms with van der Waals surface area (Å²) in [7, 11) is 1.58. The smallest absolute Gasteiger partial charge is 0.407 e. The summed E-state index contributed by atoms with van der Waals surface area (Å²) in [5.74, 6) is 0.984. The molecule has 1 aliphatic rings. The van der Waals surface area contributed by atoms with Crippen LogP contribution in [0.15, 0.2) is 24.3 Å². The van der Waals surface area contributed by atoms with Crippen LogP contribution in [-0.4, -0.2) is 49.7 Å². The highest BCUT2D eigenvalue weighted by Crippen LogP contribution is 2.17. The molecule has 2 amide bonds. The summed E-state index contributed by atoms with van der Waals surface area (Å²) in [5, 5.41) is 2.87. The van der Waals surface area contributed by atoms with Crippen molar-refractivity contribution < 1.29 is 19.1 Å². The van der Waals surface area contributed by atoms with Gasteiger partial charge in [0.25, 0.3) is 5.91 Å². The molecule has 6 nitrogen and oxygen atoms in total. The Morgan fingerprint density at radius 3 is 2.62 bits per heavy atom. The molecule has 0 atom stereocenters. The minimum atomic E-state index is -0.374. The minimum Gasteiger partial charge on any atom is -0.497 e. The Hall–Kier alpha value is -2.24. The number of piperidine rings is 1. The van der Waals surface area contributed by atoms with Crippen LogP contribution in [0.25, 0.3) is 0 Å². The van der Waals surface area contributed by atoms with E-state index >= 15 is 0 Å². The summed E-state index contributed by atoms with van der Waals surface area (Å²) < 4.78 is 10.3. The molecule has 2 rings (SSSR count). The first-order valence-corrected chi connectivity index (χ1v) is 8.36. The second-order valence-corrected chi connectivity index (χ2v) is 6.44. The predicted molar refractivity (Wildman–Crippen MR) is 91.2 cm³/mol. The van der Waals surface area contributed by atoms with Crippen molar-refractivity contribution in [2.75, 3.05) is 26.8 Å². The fraction of sp³-hybridized carbons (Fsp3) is 0.556. The fourth-order valence-corrected chi connectivity index (χ4v) is 2.62. The van der Waals surface area contributed by atoms with Crippen LogP contribution in [0.5, 0.6) is 5.75 Å². The lowest BCUT2D eigenvalue weighted by Crippen LogP contribution is -2.46. The number of hydrogen-bond donors (Lipinski definition) is 1. The molecule has 1 fully saturated rings. The van der Waals surface area contributed by atoms with Gasteiger partial charge in [-0.15, -0.1) is 0 Å². The average Bonchev–Trinajstić information content (AvgIpc) is 2.60. The van der Waals surface area contributed by atoms with E-state index in [0.717, 1.165) is 12.8 Å². The maximum Gasteiger partial charge on any atom is 0.407 e. The summed E-state index contributed by atoms with van der Waals surface area (Å²) in [6, 6.07) is 7.22. The first kappa shape index (κ1) is 18.1. The molecule has 0 aliphatic carbocycles. The molecule has 0 spiro atoms. The van der Waals surface area contributed by atoms with E-state index in [9.17, 15) is 9.59 Å². The number of likely N-dealkylation sites (tertiary alicyclic amines) is 1. The SMILES string of the molecule is COc1cccc(C(=O)N2CCC(NC(=O)OCC(C)C)CC2)c1. The van der Waals surface area contributed by atoms with Crippen molar-refractivity contribution in [1.29, 1.82) is 0 Å². The van der Waals surface area contributed by atoms with Crippen LogP contribution in [0.4, 0.5) is 4.79 Å². The molecular weight excluding hydrogens is 308 g/mol. The highest BCUT2D eigenvalue weighted by atomic mass is 16.5. The molecule has 132 valence electrons. The van der Waals surface area contributed by atoms with Gasteiger partial charge in [-0.25, -0.2) is 4.79 Å². The number of methoxy groups -OCH3 is 1. The molecule has 0 aromatic heterocycles. The summed E-state index contributed by atoms with van der Waals surface area (Å²) in [4.78, 5) is 26.0. The van der Waals surface area contributed by atoms with Crippen LogP contribution in [0.2, 0.25) is 0 Å². The van der Waals surface area contributed by atoms with Crippen molar-refractivity contribution in [3.05, 3.63) is 29.8 Å². The Morgan fingerprint density at radius 1 is 1.29 bits per heavy atom. The molecule has 0 bridgehead atoms. The number of amides is 2. The fourth-order valence-electron chi connectivity index (χ4n) is 2.62. The standard InChI is InChI=1S/C18H26N2O4/c1-13(2)12-24-18(22)19-15-7-9-20(10-8-15)17(21)14-5-4-6-16(11-14)23-3/h4-6,11,13,15H,7-10,12H2,1-3H3,(H,19,22). The molecule has 6 heteroatoms. The van der Waals surface area contributed by atoms with Gasteiger partial charge in [0.05, 0.1) is 13.7 Å². The molecule has 0 radical (unpaired) electrons. The normalized spacial score (nSPS) is 15.2. The van der Waals surface area contributed by atoms with Gasteiger partial charge in [0.1, 0.15) is 5.75 Å². The monoisotopic (exact) mass is 334 g/mol. The number of nitrogens with zero attached hydrogens (tertiary/aromatic N) is 1. The van der Waals surface area contributed by atoms with Crippen molar-refractivity contribution in [3.63, 3.8) is 0 Å². The van der Waals surface area contributed by atoms with Gasteiger partial charge in [-0.1, -0.05) is 19.9 Å². The Bertz CT molecular complexity index is 566. The van der Waals surface area contributed by atoms with Crippen LogP contribution in [-0.2, 0) is 4.74 Å². The summed E-state index contributed by atoms with van der Waals surface area (Å²) in [5.41, 5.74) is 0.622. The molecule has 1 heterocycles. The lowest BCUT2D eigenvalue weighted by molar-refractivity contribution is 0.0699. The molecule has 1 aromatic carbocycles. The van der Waals surface area contributed by atoms with Crippen LogP contribution in [0.1, 0.15) is 37.0 Å². The van der Waals surface area contributed by atoms with Crippen molar-refractivity contribution in [3.8, 4) is 5.75 Å². The zero-order valence-electron chi connectivity index (χ0n) is 14.6. The number of rotatable bonds is 5. The number of benzene rings is 1. The Kier molecular flexibility index (Phi) is 6.46. The van der Waals surface area contributed by atoms with Gasteiger partial charge in [0, 0.05) is 24.7 Å². The molecule has 0 unspecified atom stereocenters. The highest BCUT2D eigenvalue weighted by molar-refractivity contribution is 5.94.